The van der Waals surface area contributed by atoms with Crippen molar-refractivity contribution in [1.82, 2.24) is 5.32 Å². The van der Waals surface area contributed by atoms with Gasteiger partial charge in [-0.05, 0) is 19.3 Å². The molecule has 0 saturated heterocycles. The van der Waals surface area contributed by atoms with E-state index >= 15 is 0 Å². The van der Waals surface area contributed by atoms with E-state index in [2.05, 4.69) is 15.1 Å². The molecule has 6 N–H and O–H groups in total. The van der Waals surface area contributed by atoms with Crippen LogP contribution in [0.25, 0.3) is 0 Å². The summed E-state index contributed by atoms with van der Waals surface area (Å²) in [6.07, 6.45) is 0.213. The average molecular weight is 319 g/mol. The van der Waals surface area contributed by atoms with E-state index in [1.54, 1.807) is 0 Å². The maximum atomic E-state index is 11.4. The molecule has 0 aliphatic rings. The molecule has 0 saturated carbocycles. The first kappa shape index (κ1) is 19.8. The van der Waals surface area contributed by atoms with Gasteiger partial charge in [-0.1, -0.05) is 0 Å². The Kier molecular flexibility index (Phi) is 9.46. The second kappa shape index (κ2) is 10.5. The summed E-state index contributed by atoms with van der Waals surface area (Å²) in [6, 6.07) is -2.23. The van der Waals surface area contributed by atoms with Gasteiger partial charge in [0.2, 0.25) is 5.91 Å². The summed E-state index contributed by atoms with van der Waals surface area (Å²) in [5.41, 5.74) is 10.9. The van der Waals surface area contributed by atoms with E-state index in [1.807, 2.05) is 0 Å². The molecule has 2 atom stereocenters. The predicted molar refractivity (Wildman–Crippen MR) is 72.9 cm³/mol. The molecule has 0 aromatic heterocycles. The van der Waals surface area contributed by atoms with Gasteiger partial charge in [0.1, 0.15) is 12.1 Å². The summed E-state index contributed by atoms with van der Waals surface area (Å²) in [7, 11) is 0. The number of hydrogen-bond acceptors (Lipinski definition) is 8. The summed E-state index contributed by atoms with van der Waals surface area (Å²) in [5, 5.41) is 11.0. The van der Waals surface area contributed by atoms with Crippen LogP contribution >= 0.6 is 0 Å². The van der Waals surface area contributed by atoms with Gasteiger partial charge >= 0.3 is 17.9 Å². The van der Waals surface area contributed by atoms with Crippen LogP contribution in [-0.2, 0) is 29.0 Å². The highest BCUT2D eigenvalue weighted by molar-refractivity contribution is 5.79. The second-order valence-corrected chi connectivity index (χ2v) is 4.58. The fourth-order valence-corrected chi connectivity index (χ4v) is 1.31. The van der Waals surface area contributed by atoms with Crippen molar-refractivity contribution in [3.05, 3.63) is 0 Å². The van der Waals surface area contributed by atoms with Gasteiger partial charge in [0.15, 0.2) is 0 Å². The minimum absolute atomic E-state index is 0.144. The van der Waals surface area contributed by atoms with Crippen LogP contribution < -0.4 is 16.8 Å². The number of hydrogen-bond donors (Lipinski definition) is 4. The third-order valence-corrected chi connectivity index (χ3v) is 2.55. The number of carboxylic acid groups (broad SMARTS) is 1. The van der Waals surface area contributed by atoms with Crippen molar-refractivity contribution < 1.29 is 34.1 Å². The quantitative estimate of drug-likeness (QED) is 0.222. The third-order valence-electron chi connectivity index (χ3n) is 2.55. The molecule has 0 heterocycles. The highest BCUT2D eigenvalue weighted by atomic mass is 17.2. The lowest BCUT2D eigenvalue weighted by molar-refractivity contribution is -0.261. The van der Waals surface area contributed by atoms with Gasteiger partial charge in [-0.15, -0.1) is 0 Å². The van der Waals surface area contributed by atoms with Crippen molar-refractivity contribution in [3.8, 4) is 0 Å². The molecule has 10 heteroatoms. The number of rotatable bonds is 9. The van der Waals surface area contributed by atoms with Crippen LogP contribution in [0.1, 0.15) is 32.6 Å². The van der Waals surface area contributed by atoms with Crippen LogP contribution in [0.4, 0.5) is 0 Å². The van der Waals surface area contributed by atoms with E-state index in [-0.39, 0.29) is 25.2 Å². The second-order valence-electron chi connectivity index (χ2n) is 4.58. The Bertz CT molecular complexity index is 414. The first-order valence-electron chi connectivity index (χ1n) is 6.63. The average Bonchev–Trinajstić information content (AvgIpc) is 2.45. The van der Waals surface area contributed by atoms with E-state index in [0.717, 1.165) is 0 Å². The topological polar surface area (TPSA) is 171 Å². The number of aliphatic carboxylic acids is 1. The summed E-state index contributed by atoms with van der Waals surface area (Å²) in [5.74, 6) is -3.32. The fourth-order valence-electron chi connectivity index (χ4n) is 1.31. The summed E-state index contributed by atoms with van der Waals surface area (Å²) >= 11 is 0. The van der Waals surface area contributed by atoms with Gasteiger partial charge in [0.25, 0.3) is 0 Å². The van der Waals surface area contributed by atoms with Gasteiger partial charge in [-0.2, -0.15) is 0 Å². The first-order valence-corrected chi connectivity index (χ1v) is 6.63. The Hall–Kier alpha value is -2.20. The SMILES string of the molecule is CC(=O)NCCCC(N)C(=O)OOC(=O)[C@H](N)CCC(=O)O. The summed E-state index contributed by atoms with van der Waals surface area (Å²) in [6.45, 7) is 1.72. The Balaban J connectivity index is 3.92. The number of carbonyl (C=O) groups is 4. The molecule has 0 aromatic rings. The third kappa shape index (κ3) is 9.66. The maximum Gasteiger partial charge on any atom is 0.372 e. The van der Waals surface area contributed by atoms with Gasteiger partial charge < -0.3 is 21.9 Å². The Morgan fingerprint density at radius 1 is 1.05 bits per heavy atom. The Labute approximate surface area is 127 Å². The van der Waals surface area contributed by atoms with Crippen LogP contribution in [0.15, 0.2) is 0 Å². The summed E-state index contributed by atoms with van der Waals surface area (Å²) < 4.78 is 0. The predicted octanol–water partition coefficient (Wildman–Crippen LogP) is -1.58. The zero-order valence-corrected chi connectivity index (χ0v) is 12.2. The van der Waals surface area contributed by atoms with Crippen molar-refractivity contribution >= 4 is 23.8 Å². The fraction of sp³-hybridized carbons (Fsp3) is 0.667. The molecule has 0 radical (unpaired) electrons. The van der Waals surface area contributed by atoms with E-state index in [1.165, 1.54) is 6.92 Å². The molecule has 1 unspecified atom stereocenters. The number of nitrogens with one attached hydrogen (secondary N) is 1. The molecule has 0 bridgehead atoms. The highest BCUT2D eigenvalue weighted by Gasteiger charge is 2.22. The van der Waals surface area contributed by atoms with Crippen molar-refractivity contribution in [2.24, 2.45) is 11.5 Å². The molecule has 0 spiro atoms. The smallest absolute Gasteiger partial charge is 0.372 e. The monoisotopic (exact) mass is 319 g/mol. The standard InChI is InChI=1S/C12H21N3O7/c1-7(16)15-6-2-3-8(13)11(19)21-22-12(20)9(14)4-5-10(17)18/h8-9H,2-6,13-14H2,1H3,(H,15,16)(H,17,18)/t8?,9-/m1/s1. The van der Waals surface area contributed by atoms with Crippen molar-refractivity contribution in [1.29, 1.82) is 0 Å². The van der Waals surface area contributed by atoms with Gasteiger partial charge in [-0.25, -0.2) is 19.4 Å². The molecule has 0 fully saturated rings. The Morgan fingerprint density at radius 3 is 2.00 bits per heavy atom. The molecule has 22 heavy (non-hydrogen) atoms. The van der Waals surface area contributed by atoms with Gasteiger partial charge in [0, 0.05) is 19.9 Å². The molecule has 1 amide bonds. The molecular formula is C12H21N3O7. The maximum absolute atomic E-state index is 11.4. The van der Waals surface area contributed by atoms with Crippen molar-refractivity contribution in [2.75, 3.05) is 6.54 Å². The van der Waals surface area contributed by atoms with Gasteiger partial charge in [0.05, 0.1) is 0 Å². The van der Waals surface area contributed by atoms with Crippen LogP contribution in [0.2, 0.25) is 0 Å². The highest BCUT2D eigenvalue weighted by Crippen LogP contribution is 2.01. The minimum atomic E-state index is -1.21. The first-order chi connectivity index (χ1) is 10.2. The van der Waals surface area contributed by atoms with Crippen LogP contribution in [0.5, 0.6) is 0 Å². The molecule has 10 nitrogen and oxygen atoms in total. The van der Waals surface area contributed by atoms with Gasteiger partial charge in [-0.3, -0.25) is 9.59 Å². The Morgan fingerprint density at radius 2 is 1.55 bits per heavy atom. The molecule has 0 rings (SSSR count). The summed E-state index contributed by atoms with van der Waals surface area (Å²) in [4.78, 5) is 52.1. The molecule has 0 aliphatic carbocycles. The van der Waals surface area contributed by atoms with Crippen LogP contribution in [0.3, 0.4) is 0 Å². The molecule has 0 aliphatic heterocycles. The largest absolute Gasteiger partial charge is 0.481 e. The number of amides is 1. The minimum Gasteiger partial charge on any atom is -0.481 e. The van der Waals surface area contributed by atoms with Crippen molar-refractivity contribution in [3.63, 3.8) is 0 Å². The molecular weight excluding hydrogens is 298 g/mol. The lowest BCUT2D eigenvalue weighted by Crippen LogP contribution is -2.37. The number of nitrogens with two attached hydrogens (primary N) is 2. The lowest BCUT2D eigenvalue weighted by Gasteiger charge is -2.11. The number of carbonyl (C=O) groups excluding carboxylic acids is 3. The normalized spacial score (nSPS) is 12.9. The number of carboxylic acids is 1. The molecule has 0 aromatic carbocycles. The van der Waals surface area contributed by atoms with E-state index < -0.39 is 30.0 Å². The van der Waals surface area contributed by atoms with Crippen LogP contribution in [0, 0.1) is 0 Å². The van der Waals surface area contributed by atoms with E-state index in [4.69, 9.17) is 16.6 Å². The molecule has 126 valence electrons. The lowest BCUT2D eigenvalue weighted by atomic mass is 10.2. The zero-order valence-electron chi connectivity index (χ0n) is 12.2. The van der Waals surface area contributed by atoms with Crippen molar-refractivity contribution in [2.45, 2.75) is 44.7 Å². The van der Waals surface area contributed by atoms with Crippen LogP contribution in [-0.4, -0.2) is 47.6 Å². The zero-order chi connectivity index (χ0) is 17.1. The van der Waals surface area contributed by atoms with E-state index in [0.29, 0.717) is 13.0 Å². The van der Waals surface area contributed by atoms with E-state index in [9.17, 15) is 19.2 Å².